The van der Waals surface area contributed by atoms with E-state index in [9.17, 15) is 4.79 Å². The van der Waals surface area contributed by atoms with E-state index in [4.69, 9.17) is 9.47 Å². The van der Waals surface area contributed by atoms with Crippen molar-refractivity contribution in [2.24, 2.45) is 10.9 Å². The lowest BCUT2D eigenvalue weighted by atomic mass is 10.2. The molecule has 0 fully saturated rings. The summed E-state index contributed by atoms with van der Waals surface area (Å²) in [6.07, 6.45) is 0. The molecule has 0 aliphatic rings. The van der Waals surface area contributed by atoms with Crippen LogP contribution in [0.15, 0.2) is 53.5 Å². The molecule has 0 aromatic heterocycles. The van der Waals surface area contributed by atoms with Gasteiger partial charge in [0.05, 0.1) is 20.2 Å². The molecule has 2 aromatic rings. The highest BCUT2D eigenvalue weighted by Gasteiger charge is 2.06. The normalized spacial score (nSPS) is 10.8. The van der Waals surface area contributed by atoms with Gasteiger partial charge in [-0.15, -0.1) is 24.0 Å². The van der Waals surface area contributed by atoms with E-state index in [-0.39, 0.29) is 35.8 Å². The number of aliphatic imine (C=N–C) groups is 1. The van der Waals surface area contributed by atoms with Crippen LogP contribution in [0.25, 0.3) is 0 Å². The minimum atomic E-state index is -0.0447. The average Bonchev–Trinajstić information content (AvgIpc) is 2.76. The summed E-state index contributed by atoms with van der Waals surface area (Å²) in [5.41, 5.74) is 1.85. The highest BCUT2D eigenvalue weighted by Crippen LogP contribution is 2.16. The molecule has 3 N–H and O–H groups in total. The Bertz CT molecular complexity index is 809. The monoisotopic (exact) mass is 540 g/mol. The van der Waals surface area contributed by atoms with Gasteiger partial charge in [-0.05, 0) is 48.9 Å². The smallest absolute Gasteiger partial charge is 0.226 e. The molecule has 8 heteroatoms. The molecule has 0 aliphatic carbocycles. The van der Waals surface area contributed by atoms with Crippen LogP contribution in [-0.4, -0.2) is 38.7 Å². The second kappa shape index (κ2) is 14.5. The van der Waals surface area contributed by atoms with Gasteiger partial charge in [0.2, 0.25) is 5.91 Å². The molecule has 1 amide bonds. The van der Waals surface area contributed by atoms with Gasteiger partial charge in [-0.2, -0.15) is 0 Å². The number of halogens is 1. The number of benzene rings is 2. The fourth-order valence-electron chi connectivity index (χ4n) is 2.50. The molecule has 0 bridgehead atoms. The highest BCUT2D eigenvalue weighted by molar-refractivity contribution is 14.0. The summed E-state index contributed by atoms with van der Waals surface area (Å²) in [5.74, 6) is 2.29. The van der Waals surface area contributed by atoms with Crippen molar-refractivity contribution in [3.05, 3.63) is 54.1 Å². The van der Waals surface area contributed by atoms with E-state index in [0.717, 1.165) is 35.3 Å². The van der Waals surface area contributed by atoms with Crippen molar-refractivity contribution in [2.45, 2.75) is 27.3 Å². The minimum Gasteiger partial charge on any atom is -0.497 e. The quantitative estimate of drug-likeness (QED) is 0.183. The number of guanidine groups is 1. The van der Waals surface area contributed by atoms with Crippen molar-refractivity contribution >= 4 is 41.5 Å². The Kier molecular flexibility index (Phi) is 12.4. The van der Waals surface area contributed by atoms with Gasteiger partial charge in [0.25, 0.3) is 0 Å². The molecule has 0 heterocycles. The lowest BCUT2D eigenvalue weighted by Crippen LogP contribution is -2.39. The predicted octanol–water partition coefficient (Wildman–Crippen LogP) is 4.04. The van der Waals surface area contributed by atoms with E-state index >= 15 is 0 Å². The Labute approximate surface area is 202 Å². The Morgan fingerprint density at radius 2 is 1.65 bits per heavy atom. The fraction of sp³-hybridized carbons (Fsp3) is 0.391. The number of rotatable bonds is 10. The van der Waals surface area contributed by atoms with E-state index in [0.29, 0.717) is 19.7 Å². The number of amides is 1. The first-order valence-corrected chi connectivity index (χ1v) is 10.2. The van der Waals surface area contributed by atoms with Crippen molar-refractivity contribution < 1.29 is 14.3 Å². The van der Waals surface area contributed by atoms with Gasteiger partial charge in [-0.25, -0.2) is 4.99 Å². The van der Waals surface area contributed by atoms with Gasteiger partial charge in [0, 0.05) is 18.2 Å². The first-order chi connectivity index (χ1) is 14.5. The molecule has 170 valence electrons. The van der Waals surface area contributed by atoms with Gasteiger partial charge in [0.15, 0.2) is 5.96 Å². The maximum Gasteiger partial charge on any atom is 0.226 e. The summed E-state index contributed by atoms with van der Waals surface area (Å²) in [6, 6.07) is 15.2. The summed E-state index contributed by atoms with van der Waals surface area (Å²) in [7, 11) is 1.64. The third kappa shape index (κ3) is 9.91. The lowest BCUT2D eigenvalue weighted by molar-refractivity contribution is -0.118. The number of anilines is 1. The van der Waals surface area contributed by atoms with Gasteiger partial charge < -0.3 is 25.4 Å². The van der Waals surface area contributed by atoms with Gasteiger partial charge in [0.1, 0.15) is 18.1 Å². The van der Waals surface area contributed by atoms with Crippen LogP contribution in [0.4, 0.5) is 5.69 Å². The minimum absolute atomic E-state index is 0. The molecule has 0 aliphatic heterocycles. The molecule has 2 aromatic carbocycles. The zero-order valence-corrected chi connectivity index (χ0v) is 20.9. The summed E-state index contributed by atoms with van der Waals surface area (Å²) in [4.78, 5) is 16.4. The summed E-state index contributed by atoms with van der Waals surface area (Å²) < 4.78 is 10.9. The largest absolute Gasteiger partial charge is 0.497 e. The van der Waals surface area contributed by atoms with E-state index in [1.807, 2.05) is 69.3 Å². The molecular weight excluding hydrogens is 507 g/mol. The van der Waals surface area contributed by atoms with Crippen LogP contribution >= 0.6 is 24.0 Å². The third-order valence-electron chi connectivity index (χ3n) is 4.23. The molecular formula is C23H33IN4O3. The Balaban J connectivity index is 0.00000480. The van der Waals surface area contributed by atoms with Gasteiger partial charge in [-0.3, -0.25) is 4.79 Å². The number of carbonyl (C=O) groups is 1. The van der Waals surface area contributed by atoms with Crippen LogP contribution < -0.4 is 25.4 Å². The van der Waals surface area contributed by atoms with Gasteiger partial charge in [-0.1, -0.05) is 26.0 Å². The van der Waals surface area contributed by atoms with Crippen molar-refractivity contribution in [1.29, 1.82) is 0 Å². The van der Waals surface area contributed by atoms with Crippen molar-refractivity contribution in [3.8, 4) is 11.5 Å². The zero-order chi connectivity index (χ0) is 21.8. The Morgan fingerprint density at radius 1 is 1.00 bits per heavy atom. The van der Waals surface area contributed by atoms with Crippen molar-refractivity contribution in [1.82, 2.24) is 10.6 Å². The predicted molar refractivity (Wildman–Crippen MR) is 137 cm³/mol. The summed E-state index contributed by atoms with van der Waals surface area (Å²) in [6.45, 7) is 8.21. The van der Waals surface area contributed by atoms with Crippen LogP contribution in [-0.2, 0) is 11.3 Å². The Hall–Kier alpha value is -2.49. The van der Waals surface area contributed by atoms with Crippen LogP contribution in [0.2, 0.25) is 0 Å². The van der Waals surface area contributed by atoms with E-state index < -0.39 is 0 Å². The zero-order valence-electron chi connectivity index (χ0n) is 18.6. The molecule has 0 unspecified atom stereocenters. The first kappa shape index (κ1) is 26.5. The van der Waals surface area contributed by atoms with E-state index in [1.165, 1.54) is 0 Å². The molecule has 7 nitrogen and oxygen atoms in total. The number of nitrogens with one attached hydrogen (secondary N) is 3. The second-order valence-electron chi connectivity index (χ2n) is 6.99. The van der Waals surface area contributed by atoms with Crippen LogP contribution in [0, 0.1) is 5.92 Å². The summed E-state index contributed by atoms with van der Waals surface area (Å²) in [5, 5.41) is 9.38. The first-order valence-electron chi connectivity index (χ1n) is 10.2. The van der Waals surface area contributed by atoms with Crippen LogP contribution in [0.3, 0.4) is 0 Å². The molecule has 31 heavy (non-hydrogen) atoms. The number of nitrogens with zero attached hydrogens (tertiary/aromatic N) is 1. The molecule has 0 atom stereocenters. The van der Waals surface area contributed by atoms with Crippen molar-refractivity contribution in [3.63, 3.8) is 0 Å². The molecule has 2 rings (SSSR count). The lowest BCUT2D eigenvalue weighted by Gasteiger charge is -2.12. The third-order valence-corrected chi connectivity index (χ3v) is 4.23. The number of carbonyl (C=O) groups excluding carboxylic acids is 1. The van der Waals surface area contributed by atoms with Crippen LogP contribution in [0.1, 0.15) is 26.3 Å². The van der Waals surface area contributed by atoms with Crippen molar-refractivity contribution in [2.75, 3.05) is 32.1 Å². The number of hydrogen-bond acceptors (Lipinski definition) is 4. The maximum absolute atomic E-state index is 11.8. The molecule has 0 radical (unpaired) electrons. The molecule has 0 saturated heterocycles. The summed E-state index contributed by atoms with van der Waals surface area (Å²) >= 11 is 0. The number of ether oxygens (including phenoxy) is 2. The average molecular weight is 540 g/mol. The second-order valence-corrected chi connectivity index (χ2v) is 6.99. The Morgan fingerprint density at radius 3 is 2.23 bits per heavy atom. The van der Waals surface area contributed by atoms with Gasteiger partial charge >= 0.3 is 0 Å². The van der Waals surface area contributed by atoms with E-state index in [1.54, 1.807) is 7.11 Å². The SMILES string of the molecule is CCNC(=NCc1ccc(NC(=O)C(C)C)cc1)NCCOc1ccc(OC)cc1.I. The topological polar surface area (TPSA) is 84.0 Å². The maximum atomic E-state index is 11.8. The van der Waals surface area contributed by atoms with E-state index in [2.05, 4.69) is 20.9 Å². The fourth-order valence-corrected chi connectivity index (χ4v) is 2.50. The number of hydrogen-bond donors (Lipinski definition) is 3. The number of methoxy groups -OCH3 is 1. The standard InChI is InChI=1S/C23H32N4O3.HI/c1-5-24-23(25-14-15-30-21-12-10-20(29-4)11-13-21)26-16-18-6-8-19(9-7-18)27-22(28)17(2)3;/h6-13,17H,5,14-16H2,1-4H3,(H,27,28)(H2,24,25,26);1H. The van der Waals surface area contributed by atoms with Crippen LogP contribution in [0.5, 0.6) is 11.5 Å². The molecule has 0 saturated carbocycles. The highest BCUT2D eigenvalue weighted by atomic mass is 127. The molecule has 0 spiro atoms.